The van der Waals surface area contributed by atoms with Gasteiger partial charge in [-0.2, -0.15) is 0 Å². The molecule has 116 valence electrons. The number of nitrogens with zero attached hydrogens (tertiary/aromatic N) is 6. The monoisotopic (exact) mass is 294 g/mol. The molecule has 1 aromatic heterocycles. The third kappa shape index (κ3) is 3.56. The van der Waals surface area contributed by atoms with Crippen LogP contribution in [-0.4, -0.2) is 79.3 Å². The molecule has 0 radical (unpaired) electrons. The van der Waals surface area contributed by atoms with Crippen molar-refractivity contribution in [1.82, 2.24) is 30.0 Å². The molecule has 0 saturated carbocycles. The van der Waals surface area contributed by atoms with Crippen LogP contribution in [0.15, 0.2) is 6.33 Å². The number of aryl methyl sites for hydroxylation is 1. The van der Waals surface area contributed by atoms with Crippen LogP contribution < -0.4 is 0 Å². The second kappa shape index (κ2) is 6.07. The first-order valence-corrected chi connectivity index (χ1v) is 7.58. The average Bonchev–Trinajstić information content (AvgIpc) is 3.18. The van der Waals surface area contributed by atoms with Crippen molar-refractivity contribution in [2.75, 3.05) is 32.7 Å². The molecular formula is C13H22N6O2. The molecule has 1 N–H and O–H groups in total. The van der Waals surface area contributed by atoms with Crippen LogP contribution in [0.2, 0.25) is 0 Å². The van der Waals surface area contributed by atoms with Gasteiger partial charge in [0.15, 0.2) is 0 Å². The molecule has 0 aliphatic carbocycles. The maximum atomic E-state index is 12.2. The van der Waals surface area contributed by atoms with Crippen molar-refractivity contribution in [1.29, 1.82) is 0 Å². The molecule has 2 aliphatic rings. The quantitative estimate of drug-likeness (QED) is 0.759. The van der Waals surface area contributed by atoms with Gasteiger partial charge in [0.25, 0.3) is 0 Å². The van der Waals surface area contributed by atoms with E-state index in [0.29, 0.717) is 39.0 Å². The highest BCUT2D eigenvalue weighted by Crippen LogP contribution is 2.24. The Morgan fingerprint density at radius 2 is 2.10 bits per heavy atom. The van der Waals surface area contributed by atoms with E-state index in [4.69, 9.17) is 0 Å². The first kappa shape index (κ1) is 14.4. The number of aromatic nitrogens is 4. The molecule has 0 unspecified atom stereocenters. The molecule has 3 heterocycles. The highest BCUT2D eigenvalue weighted by Gasteiger charge is 2.39. The maximum Gasteiger partial charge on any atom is 0.224 e. The summed E-state index contributed by atoms with van der Waals surface area (Å²) in [6.45, 7) is 4.37. The van der Waals surface area contributed by atoms with Crippen molar-refractivity contribution in [2.45, 2.75) is 37.8 Å². The minimum atomic E-state index is -0.741. The van der Waals surface area contributed by atoms with Crippen molar-refractivity contribution < 1.29 is 9.90 Å². The molecule has 1 amide bonds. The number of carbonyl (C=O) groups excluding carboxylic acids is 1. The third-order valence-electron chi connectivity index (χ3n) is 4.35. The molecule has 0 spiro atoms. The predicted octanol–water partition coefficient (Wildman–Crippen LogP) is -0.878. The second-order valence-electron chi connectivity index (χ2n) is 6.10. The Balaban J connectivity index is 1.47. The lowest BCUT2D eigenvalue weighted by molar-refractivity contribution is -0.131. The zero-order valence-corrected chi connectivity index (χ0v) is 12.2. The number of carbonyl (C=O) groups is 1. The standard InChI is InChI=1S/C13H22N6O2/c20-12(3-7-19-11-14-15-16-19)18-8-4-13(21,10-18)9-17-5-1-2-6-17/h11,21H,1-10H2/t13-/m1/s1. The zero-order valence-electron chi connectivity index (χ0n) is 12.2. The van der Waals surface area contributed by atoms with Crippen LogP contribution in [0.3, 0.4) is 0 Å². The predicted molar refractivity (Wildman–Crippen MR) is 74.3 cm³/mol. The normalized spacial score (nSPS) is 26.6. The lowest BCUT2D eigenvalue weighted by Gasteiger charge is -2.28. The third-order valence-corrected chi connectivity index (χ3v) is 4.35. The maximum absolute atomic E-state index is 12.2. The minimum absolute atomic E-state index is 0.0582. The van der Waals surface area contributed by atoms with Gasteiger partial charge in [-0.25, -0.2) is 4.68 Å². The Labute approximate surface area is 123 Å². The smallest absolute Gasteiger partial charge is 0.224 e. The van der Waals surface area contributed by atoms with E-state index in [0.717, 1.165) is 13.1 Å². The second-order valence-corrected chi connectivity index (χ2v) is 6.10. The van der Waals surface area contributed by atoms with Crippen LogP contribution in [0.25, 0.3) is 0 Å². The van der Waals surface area contributed by atoms with E-state index < -0.39 is 5.60 Å². The minimum Gasteiger partial charge on any atom is -0.387 e. The molecule has 8 nitrogen and oxygen atoms in total. The average molecular weight is 294 g/mol. The summed E-state index contributed by atoms with van der Waals surface area (Å²) in [6, 6.07) is 0. The van der Waals surface area contributed by atoms with Gasteiger partial charge in [0.2, 0.25) is 5.91 Å². The first-order valence-electron chi connectivity index (χ1n) is 7.58. The highest BCUT2D eigenvalue weighted by atomic mass is 16.3. The van der Waals surface area contributed by atoms with Gasteiger partial charge in [0.1, 0.15) is 6.33 Å². The van der Waals surface area contributed by atoms with E-state index >= 15 is 0 Å². The number of hydrogen-bond donors (Lipinski definition) is 1. The van der Waals surface area contributed by atoms with E-state index in [-0.39, 0.29) is 5.91 Å². The molecule has 3 rings (SSSR count). The van der Waals surface area contributed by atoms with Crippen LogP contribution in [0.5, 0.6) is 0 Å². The van der Waals surface area contributed by atoms with E-state index in [1.807, 2.05) is 0 Å². The molecule has 21 heavy (non-hydrogen) atoms. The number of hydrogen-bond acceptors (Lipinski definition) is 6. The first-order chi connectivity index (χ1) is 10.1. The zero-order chi connectivity index (χ0) is 14.7. The summed E-state index contributed by atoms with van der Waals surface area (Å²) in [4.78, 5) is 16.2. The molecule has 2 aliphatic heterocycles. The van der Waals surface area contributed by atoms with Crippen LogP contribution >= 0.6 is 0 Å². The van der Waals surface area contributed by atoms with E-state index in [1.54, 1.807) is 9.58 Å². The van der Waals surface area contributed by atoms with Gasteiger partial charge in [-0.05, 0) is 42.8 Å². The van der Waals surface area contributed by atoms with Crippen molar-refractivity contribution in [3.05, 3.63) is 6.33 Å². The molecule has 8 heteroatoms. The summed E-state index contributed by atoms with van der Waals surface area (Å²) in [5.74, 6) is 0.0582. The fourth-order valence-corrected chi connectivity index (χ4v) is 3.21. The Morgan fingerprint density at radius 3 is 2.81 bits per heavy atom. The number of likely N-dealkylation sites (tertiary alicyclic amines) is 2. The van der Waals surface area contributed by atoms with Gasteiger partial charge < -0.3 is 14.9 Å². The van der Waals surface area contributed by atoms with Gasteiger partial charge in [-0.3, -0.25) is 4.79 Å². The molecule has 2 fully saturated rings. The number of aliphatic hydroxyl groups is 1. The number of β-amino-alcohol motifs (C(OH)–C–C–N with tert-alkyl or cyclic N) is 1. The molecule has 0 bridgehead atoms. The fraction of sp³-hybridized carbons (Fsp3) is 0.846. The van der Waals surface area contributed by atoms with E-state index in [9.17, 15) is 9.90 Å². The Hall–Kier alpha value is -1.54. The topological polar surface area (TPSA) is 87.4 Å². The SMILES string of the molecule is O=C(CCn1cnnn1)N1CC[C@@](O)(CN2CCCC2)C1. The van der Waals surface area contributed by atoms with Gasteiger partial charge in [-0.15, -0.1) is 5.10 Å². The number of rotatable bonds is 5. The van der Waals surface area contributed by atoms with Crippen molar-refractivity contribution in [3.8, 4) is 0 Å². The highest BCUT2D eigenvalue weighted by molar-refractivity contribution is 5.76. The lowest BCUT2D eigenvalue weighted by Crippen LogP contribution is -2.45. The Bertz CT molecular complexity index is 473. The van der Waals surface area contributed by atoms with Crippen molar-refractivity contribution >= 4 is 5.91 Å². The summed E-state index contributed by atoms with van der Waals surface area (Å²) in [5, 5.41) is 21.5. The molecular weight excluding hydrogens is 272 g/mol. The van der Waals surface area contributed by atoms with E-state index in [1.165, 1.54) is 19.2 Å². The Morgan fingerprint density at radius 1 is 1.29 bits per heavy atom. The Kier molecular flexibility index (Phi) is 4.16. The molecule has 0 aromatic carbocycles. The summed E-state index contributed by atoms with van der Waals surface area (Å²) < 4.78 is 1.55. The van der Waals surface area contributed by atoms with Crippen LogP contribution in [0.1, 0.15) is 25.7 Å². The summed E-state index contributed by atoms with van der Waals surface area (Å²) >= 11 is 0. The molecule has 2 saturated heterocycles. The fourth-order valence-electron chi connectivity index (χ4n) is 3.21. The van der Waals surface area contributed by atoms with Gasteiger partial charge >= 0.3 is 0 Å². The van der Waals surface area contributed by atoms with E-state index in [2.05, 4.69) is 20.4 Å². The molecule has 1 atom stereocenters. The van der Waals surface area contributed by atoms with Crippen LogP contribution in [0.4, 0.5) is 0 Å². The largest absolute Gasteiger partial charge is 0.387 e. The van der Waals surface area contributed by atoms with Gasteiger partial charge in [0, 0.05) is 19.5 Å². The van der Waals surface area contributed by atoms with Crippen molar-refractivity contribution in [2.24, 2.45) is 0 Å². The van der Waals surface area contributed by atoms with Gasteiger partial charge in [0.05, 0.1) is 18.7 Å². The van der Waals surface area contributed by atoms with Crippen molar-refractivity contribution in [3.63, 3.8) is 0 Å². The van der Waals surface area contributed by atoms with Crippen LogP contribution in [0, 0.1) is 0 Å². The molecule has 1 aromatic rings. The summed E-state index contributed by atoms with van der Waals surface area (Å²) in [5.41, 5.74) is -0.741. The van der Waals surface area contributed by atoms with Gasteiger partial charge in [-0.1, -0.05) is 0 Å². The summed E-state index contributed by atoms with van der Waals surface area (Å²) in [7, 11) is 0. The lowest BCUT2D eigenvalue weighted by atomic mass is 10.0. The number of amides is 1. The van der Waals surface area contributed by atoms with Crippen LogP contribution in [-0.2, 0) is 11.3 Å². The summed E-state index contributed by atoms with van der Waals surface area (Å²) in [6.07, 6.45) is 4.96. The number of tetrazole rings is 1.